The molecule has 0 aliphatic heterocycles. The highest BCUT2D eigenvalue weighted by molar-refractivity contribution is 9.10. The minimum atomic E-state index is -4.47. The van der Waals surface area contributed by atoms with E-state index >= 15 is 0 Å². The Labute approximate surface area is 126 Å². The van der Waals surface area contributed by atoms with Crippen molar-refractivity contribution in [3.8, 4) is 5.75 Å². The molecule has 0 bridgehead atoms. The van der Waals surface area contributed by atoms with Crippen molar-refractivity contribution >= 4 is 21.6 Å². The maximum Gasteiger partial charge on any atom is 0.417 e. The van der Waals surface area contributed by atoms with E-state index in [-0.39, 0.29) is 22.3 Å². The molecular weight excluding hydrogens is 354 g/mol. The normalized spacial score (nSPS) is 11.5. The van der Waals surface area contributed by atoms with Crippen molar-refractivity contribution in [2.24, 2.45) is 0 Å². The van der Waals surface area contributed by atoms with E-state index in [0.29, 0.717) is 0 Å². The molecular formula is C14H10BrF4NO. The summed E-state index contributed by atoms with van der Waals surface area (Å²) in [7, 11) is 0. The zero-order valence-electron chi connectivity index (χ0n) is 10.5. The Hall–Kier alpha value is -1.76. The molecule has 0 heterocycles. The average molecular weight is 364 g/mol. The smallest absolute Gasteiger partial charge is 0.417 e. The maximum atomic E-state index is 13.1. The van der Waals surface area contributed by atoms with Crippen LogP contribution in [0, 0.1) is 5.82 Å². The van der Waals surface area contributed by atoms with Crippen molar-refractivity contribution < 1.29 is 22.7 Å². The lowest BCUT2D eigenvalue weighted by molar-refractivity contribution is -0.138. The van der Waals surface area contributed by atoms with Gasteiger partial charge >= 0.3 is 6.18 Å². The number of phenolic OH excluding ortho intramolecular Hbond substituents is 1. The van der Waals surface area contributed by atoms with Crippen LogP contribution in [-0.4, -0.2) is 5.11 Å². The topological polar surface area (TPSA) is 32.3 Å². The highest BCUT2D eigenvalue weighted by Crippen LogP contribution is 2.36. The molecule has 2 aromatic rings. The quantitative estimate of drug-likeness (QED) is 0.758. The van der Waals surface area contributed by atoms with E-state index in [1.54, 1.807) is 0 Å². The summed E-state index contributed by atoms with van der Waals surface area (Å²) < 4.78 is 51.4. The molecule has 2 aromatic carbocycles. The lowest BCUT2D eigenvalue weighted by Gasteiger charge is -2.13. The van der Waals surface area contributed by atoms with Crippen molar-refractivity contribution in [2.45, 2.75) is 12.7 Å². The second kappa shape index (κ2) is 5.93. The summed E-state index contributed by atoms with van der Waals surface area (Å²) >= 11 is 2.85. The van der Waals surface area contributed by atoms with Crippen molar-refractivity contribution in [3.05, 3.63) is 57.8 Å². The van der Waals surface area contributed by atoms with E-state index in [1.807, 2.05) is 0 Å². The van der Waals surface area contributed by atoms with Crippen LogP contribution in [0.2, 0.25) is 0 Å². The second-order valence-corrected chi connectivity index (χ2v) is 5.15. The Morgan fingerprint density at radius 1 is 1.14 bits per heavy atom. The summed E-state index contributed by atoms with van der Waals surface area (Å²) in [6.07, 6.45) is -4.47. The molecule has 0 aliphatic carbocycles. The van der Waals surface area contributed by atoms with Gasteiger partial charge in [-0.05, 0) is 24.3 Å². The van der Waals surface area contributed by atoms with Crippen LogP contribution in [0.25, 0.3) is 0 Å². The number of phenols is 1. The predicted octanol–water partition coefficient (Wildman–Crippen LogP) is 4.92. The Morgan fingerprint density at radius 2 is 1.86 bits per heavy atom. The number of hydrogen-bond acceptors (Lipinski definition) is 2. The fourth-order valence-electron chi connectivity index (χ4n) is 1.75. The lowest BCUT2D eigenvalue weighted by atomic mass is 10.1. The number of benzene rings is 2. The van der Waals surface area contributed by atoms with Gasteiger partial charge in [0.25, 0.3) is 0 Å². The highest BCUT2D eigenvalue weighted by atomic mass is 79.9. The van der Waals surface area contributed by atoms with Gasteiger partial charge in [-0.1, -0.05) is 28.1 Å². The zero-order chi connectivity index (χ0) is 15.6. The molecule has 0 fully saturated rings. The Balaban J connectivity index is 2.19. The van der Waals surface area contributed by atoms with Gasteiger partial charge in [0, 0.05) is 22.3 Å². The molecule has 2 nitrogen and oxygen atoms in total. The highest BCUT2D eigenvalue weighted by Gasteiger charge is 2.33. The third-order valence-electron chi connectivity index (χ3n) is 2.83. The fourth-order valence-corrected chi connectivity index (χ4v) is 2.22. The van der Waals surface area contributed by atoms with Crippen LogP contribution in [0.1, 0.15) is 11.1 Å². The van der Waals surface area contributed by atoms with Gasteiger partial charge < -0.3 is 10.4 Å². The summed E-state index contributed by atoms with van der Waals surface area (Å²) in [6, 6.07) is 7.66. The molecule has 2 rings (SSSR count). The van der Waals surface area contributed by atoms with Gasteiger partial charge in [-0.25, -0.2) is 4.39 Å². The van der Waals surface area contributed by atoms with Crippen molar-refractivity contribution in [1.29, 1.82) is 0 Å². The third kappa shape index (κ3) is 3.66. The van der Waals surface area contributed by atoms with Gasteiger partial charge in [0.1, 0.15) is 0 Å². The first-order valence-electron chi connectivity index (χ1n) is 5.86. The van der Waals surface area contributed by atoms with Crippen LogP contribution >= 0.6 is 15.9 Å². The minimum absolute atomic E-state index is 0.00250. The van der Waals surface area contributed by atoms with Crippen LogP contribution in [0.5, 0.6) is 5.75 Å². The van der Waals surface area contributed by atoms with E-state index in [4.69, 9.17) is 0 Å². The van der Waals surface area contributed by atoms with E-state index in [1.165, 1.54) is 24.3 Å². The van der Waals surface area contributed by atoms with Gasteiger partial charge in [-0.15, -0.1) is 0 Å². The SMILES string of the molecule is Oc1c(F)cccc1CNc1ccc(Br)c(C(F)(F)F)c1. The van der Waals surface area contributed by atoms with Crippen LogP contribution in [0.4, 0.5) is 23.2 Å². The van der Waals surface area contributed by atoms with Gasteiger partial charge in [-0.3, -0.25) is 0 Å². The number of para-hydroxylation sites is 1. The maximum absolute atomic E-state index is 13.1. The number of hydrogen-bond donors (Lipinski definition) is 2. The summed E-state index contributed by atoms with van der Waals surface area (Å²) in [5.74, 6) is -1.29. The van der Waals surface area contributed by atoms with Crippen molar-refractivity contribution in [1.82, 2.24) is 0 Å². The molecule has 0 aromatic heterocycles. The summed E-state index contributed by atoms with van der Waals surface area (Å²) in [4.78, 5) is 0. The number of aromatic hydroxyl groups is 1. The minimum Gasteiger partial charge on any atom is -0.505 e. The van der Waals surface area contributed by atoms with Crippen LogP contribution in [-0.2, 0) is 12.7 Å². The Bertz CT molecular complexity index is 658. The molecule has 0 saturated carbocycles. The van der Waals surface area contributed by atoms with Crippen LogP contribution < -0.4 is 5.32 Å². The molecule has 0 unspecified atom stereocenters. The molecule has 0 atom stereocenters. The molecule has 2 N–H and O–H groups in total. The van der Waals surface area contributed by atoms with Gasteiger partial charge in [0.2, 0.25) is 0 Å². The summed E-state index contributed by atoms with van der Waals surface area (Å²) in [5, 5.41) is 12.2. The van der Waals surface area contributed by atoms with E-state index in [2.05, 4.69) is 21.2 Å². The first kappa shape index (κ1) is 15.6. The standard InChI is InChI=1S/C14H10BrF4NO/c15-11-5-4-9(6-10(11)14(17,18)19)20-7-8-2-1-3-12(16)13(8)21/h1-6,20-21H,7H2. The van der Waals surface area contributed by atoms with E-state index in [9.17, 15) is 22.7 Å². The van der Waals surface area contributed by atoms with Crippen LogP contribution in [0.3, 0.4) is 0 Å². The number of nitrogens with one attached hydrogen (secondary N) is 1. The molecule has 0 radical (unpaired) electrons. The molecule has 0 saturated heterocycles. The van der Waals surface area contributed by atoms with E-state index in [0.717, 1.165) is 12.1 Å². The van der Waals surface area contributed by atoms with Gasteiger partial charge in [-0.2, -0.15) is 13.2 Å². The largest absolute Gasteiger partial charge is 0.505 e. The summed E-state index contributed by atoms with van der Waals surface area (Å²) in [5.41, 5.74) is -0.336. The predicted molar refractivity (Wildman–Crippen MR) is 74.5 cm³/mol. The number of rotatable bonds is 3. The molecule has 0 spiro atoms. The lowest BCUT2D eigenvalue weighted by Crippen LogP contribution is -2.08. The molecule has 112 valence electrons. The van der Waals surface area contributed by atoms with Crippen molar-refractivity contribution in [2.75, 3.05) is 5.32 Å². The van der Waals surface area contributed by atoms with Crippen molar-refractivity contribution in [3.63, 3.8) is 0 Å². The van der Waals surface area contributed by atoms with Gasteiger partial charge in [0.15, 0.2) is 11.6 Å². The first-order chi connectivity index (χ1) is 9.79. The number of alkyl halides is 3. The molecule has 0 aliphatic rings. The Morgan fingerprint density at radius 3 is 2.52 bits per heavy atom. The average Bonchev–Trinajstić information content (AvgIpc) is 2.40. The van der Waals surface area contributed by atoms with Gasteiger partial charge in [0.05, 0.1) is 5.56 Å². The number of anilines is 1. The monoisotopic (exact) mass is 363 g/mol. The fraction of sp³-hybridized carbons (Fsp3) is 0.143. The van der Waals surface area contributed by atoms with Crippen LogP contribution in [0.15, 0.2) is 40.9 Å². The number of halogens is 5. The zero-order valence-corrected chi connectivity index (χ0v) is 12.1. The third-order valence-corrected chi connectivity index (χ3v) is 3.52. The summed E-state index contributed by atoms with van der Waals surface area (Å²) in [6.45, 7) is 0.00250. The molecule has 7 heteroatoms. The first-order valence-corrected chi connectivity index (χ1v) is 6.65. The molecule has 21 heavy (non-hydrogen) atoms. The Kier molecular flexibility index (Phi) is 4.41. The molecule has 0 amide bonds. The van der Waals surface area contributed by atoms with E-state index < -0.39 is 23.3 Å². The second-order valence-electron chi connectivity index (χ2n) is 4.29.